The van der Waals surface area contributed by atoms with Crippen molar-refractivity contribution in [3.8, 4) is 11.1 Å². The zero-order valence-electron chi connectivity index (χ0n) is 14.6. The standard InChI is InChI=1S/C20H14F3NO4S/c21-20(22,23)16-5-1-3-14(11-16)13-7-9-17(10-8-13)24-29(27,28)18-6-2-4-15(12-18)19(25)26/h1-12,24H,(H,25,26). The van der Waals surface area contributed by atoms with Gasteiger partial charge in [0.05, 0.1) is 16.0 Å². The molecular formula is C20H14F3NO4S. The number of alkyl halides is 3. The van der Waals surface area contributed by atoms with Crippen LogP contribution in [0.25, 0.3) is 11.1 Å². The van der Waals surface area contributed by atoms with Gasteiger partial charge in [0.1, 0.15) is 0 Å². The minimum atomic E-state index is -4.46. The van der Waals surface area contributed by atoms with Crippen LogP contribution in [0.2, 0.25) is 0 Å². The number of carbonyl (C=O) groups is 1. The van der Waals surface area contributed by atoms with E-state index < -0.39 is 27.7 Å². The fraction of sp³-hybridized carbons (Fsp3) is 0.0500. The van der Waals surface area contributed by atoms with Crippen LogP contribution in [0, 0.1) is 0 Å². The van der Waals surface area contributed by atoms with Gasteiger partial charge in [-0.3, -0.25) is 4.72 Å². The van der Waals surface area contributed by atoms with Gasteiger partial charge >= 0.3 is 12.1 Å². The van der Waals surface area contributed by atoms with E-state index in [4.69, 9.17) is 5.11 Å². The van der Waals surface area contributed by atoms with Crippen molar-refractivity contribution in [1.29, 1.82) is 0 Å². The van der Waals surface area contributed by atoms with E-state index in [1.165, 1.54) is 54.6 Å². The van der Waals surface area contributed by atoms with Crippen LogP contribution in [-0.4, -0.2) is 19.5 Å². The Morgan fingerprint density at radius 3 is 2.14 bits per heavy atom. The predicted molar refractivity (Wildman–Crippen MR) is 101 cm³/mol. The molecule has 9 heteroatoms. The predicted octanol–water partition coefficient (Wildman–Crippen LogP) is 4.87. The first-order chi connectivity index (χ1) is 13.6. The van der Waals surface area contributed by atoms with Crippen molar-refractivity contribution >= 4 is 21.7 Å². The molecule has 0 saturated carbocycles. The lowest BCUT2D eigenvalue weighted by Gasteiger charge is -2.11. The minimum absolute atomic E-state index is 0.173. The lowest BCUT2D eigenvalue weighted by atomic mass is 10.0. The number of carboxylic acid groups (broad SMARTS) is 1. The third kappa shape index (κ3) is 4.75. The summed E-state index contributed by atoms with van der Waals surface area (Å²) in [6.07, 6.45) is -4.46. The maximum atomic E-state index is 12.9. The van der Waals surface area contributed by atoms with E-state index in [2.05, 4.69) is 4.72 Å². The molecule has 0 heterocycles. The van der Waals surface area contributed by atoms with E-state index >= 15 is 0 Å². The second-order valence-corrected chi connectivity index (χ2v) is 7.78. The number of nitrogens with one attached hydrogen (secondary N) is 1. The molecule has 0 spiro atoms. The van der Waals surface area contributed by atoms with Gasteiger partial charge in [-0.15, -0.1) is 0 Å². The summed E-state index contributed by atoms with van der Waals surface area (Å²) >= 11 is 0. The molecule has 0 amide bonds. The molecule has 0 aliphatic heterocycles. The van der Waals surface area contributed by atoms with E-state index in [1.807, 2.05) is 0 Å². The fourth-order valence-electron chi connectivity index (χ4n) is 2.62. The Balaban J connectivity index is 1.84. The Morgan fingerprint density at radius 2 is 1.52 bits per heavy atom. The summed E-state index contributed by atoms with van der Waals surface area (Å²) in [6.45, 7) is 0. The van der Waals surface area contributed by atoms with Crippen LogP contribution in [0.4, 0.5) is 18.9 Å². The van der Waals surface area contributed by atoms with E-state index in [1.54, 1.807) is 0 Å². The van der Waals surface area contributed by atoms with Crippen molar-refractivity contribution in [2.24, 2.45) is 0 Å². The van der Waals surface area contributed by atoms with Gasteiger partial charge in [-0.05, 0) is 53.6 Å². The molecule has 0 radical (unpaired) electrons. The largest absolute Gasteiger partial charge is 0.478 e. The number of carboxylic acids is 1. The molecule has 0 aliphatic rings. The van der Waals surface area contributed by atoms with Gasteiger partial charge in [0.25, 0.3) is 10.0 Å². The minimum Gasteiger partial charge on any atom is -0.478 e. The van der Waals surface area contributed by atoms with E-state index in [0.29, 0.717) is 11.1 Å². The number of aromatic carboxylic acids is 1. The van der Waals surface area contributed by atoms with Gasteiger partial charge < -0.3 is 5.11 Å². The molecule has 0 bridgehead atoms. The topological polar surface area (TPSA) is 83.5 Å². The number of rotatable bonds is 5. The summed E-state index contributed by atoms with van der Waals surface area (Å²) in [5.74, 6) is -1.26. The molecule has 0 saturated heterocycles. The second-order valence-electron chi connectivity index (χ2n) is 6.09. The maximum Gasteiger partial charge on any atom is 0.416 e. The summed E-state index contributed by atoms with van der Waals surface area (Å²) < 4.78 is 65.8. The number of benzene rings is 3. The highest BCUT2D eigenvalue weighted by atomic mass is 32.2. The summed E-state index contributed by atoms with van der Waals surface area (Å²) in [6, 6.07) is 15.5. The Bertz CT molecular complexity index is 1160. The molecule has 0 atom stereocenters. The molecule has 150 valence electrons. The molecule has 3 aromatic carbocycles. The summed E-state index contributed by atoms with van der Waals surface area (Å²) in [7, 11) is -4.04. The van der Waals surface area contributed by atoms with E-state index in [-0.39, 0.29) is 16.1 Å². The quantitative estimate of drug-likeness (QED) is 0.616. The van der Waals surface area contributed by atoms with Crippen molar-refractivity contribution in [2.75, 3.05) is 4.72 Å². The molecule has 0 fully saturated rings. The van der Waals surface area contributed by atoms with Crippen molar-refractivity contribution in [1.82, 2.24) is 0 Å². The van der Waals surface area contributed by atoms with Gasteiger partial charge in [0.15, 0.2) is 0 Å². The maximum absolute atomic E-state index is 12.9. The highest BCUT2D eigenvalue weighted by Gasteiger charge is 2.30. The van der Waals surface area contributed by atoms with Gasteiger partial charge in [0.2, 0.25) is 0 Å². The van der Waals surface area contributed by atoms with Crippen LogP contribution in [0.5, 0.6) is 0 Å². The summed E-state index contributed by atoms with van der Waals surface area (Å²) in [5, 5.41) is 8.99. The van der Waals surface area contributed by atoms with Gasteiger partial charge in [0, 0.05) is 5.69 Å². The Labute approximate surface area is 164 Å². The number of anilines is 1. The molecule has 0 unspecified atom stereocenters. The number of hydrogen-bond donors (Lipinski definition) is 2. The first-order valence-electron chi connectivity index (χ1n) is 8.20. The first-order valence-corrected chi connectivity index (χ1v) is 9.68. The first kappa shape index (κ1) is 20.4. The number of sulfonamides is 1. The lowest BCUT2D eigenvalue weighted by Crippen LogP contribution is -2.13. The molecular weight excluding hydrogens is 407 g/mol. The average Bonchev–Trinajstić information content (AvgIpc) is 2.68. The Kier molecular flexibility index (Phi) is 5.34. The van der Waals surface area contributed by atoms with E-state index in [9.17, 15) is 26.4 Å². The van der Waals surface area contributed by atoms with E-state index in [0.717, 1.165) is 18.2 Å². The molecule has 3 aromatic rings. The van der Waals surface area contributed by atoms with Crippen LogP contribution >= 0.6 is 0 Å². The summed E-state index contributed by atoms with van der Waals surface area (Å²) in [5.41, 5.74) is 0.0441. The molecule has 0 aliphatic carbocycles. The van der Waals surface area contributed by atoms with Crippen molar-refractivity contribution in [3.63, 3.8) is 0 Å². The molecule has 5 nitrogen and oxygen atoms in total. The normalized spacial score (nSPS) is 11.8. The van der Waals surface area contributed by atoms with Crippen LogP contribution < -0.4 is 4.72 Å². The van der Waals surface area contributed by atoms with Crippen LogP contribution in [0.15, 0.2) is 77.7 Å². The number of hydrogen-bond acceptors (Lipinski definition) is 3. The zero-order chi connectivity index (χ0) is 21.2. The fourth-order valence-corrected chi connectivity index (χ4v) is 3.72. The molecule has 0 aromatic heterocycles. The molecule has 2 N–H and O–H groups in total. The molecule has 29 heavy (non-hydrogen) atoms. The van der Waals surface area contributed by atoms with Crippen molar-refractivity contribution in [3.05, 3.63) is 83.9 Å². The average molecular weight is 421 g/mol. The monoisotopic (exact) mass is 421 g/mol. The third-order valence-electron chi connectivity index (χ3n) is 4.05. The lowest BCUT2D eigenvalue weighted by molar-refractivity contribution is -0.137. The van der Waals surface area contributed by atoms with Crippen LogP contribution in [0.1, 0.15) is 15.9 Å². The van der Waals surface area contributed by atoms with Crippen LogP contribution in [0.3, 0.4) is 0 Å². The smallest absolute Gasteiger partial charge is 0.416 e. The SMILES string of the molecule is O=C(O)c1cccc(S(=O)(=O)Nc2ccc(-c3cccc(C(F)(F)F)c3)cc2)c1. The van der Waals surface area contributed by atoms with Gasteiger partial charge in [-0.25, -0.2) is 13.2 Å². The molecule has 3 rings (SSSR count). The van der Waals surface area contributed by atoms with Gasteiger partial charge in [-0.2, -0.15) is 13.2 Å². The second kappa shape index (κ2) is 7.59. The zero-order valence-corrected chi connectivity index (χ0v) is 15.5. The Morgan fingerprint density at radius 1 is 0.862 bits per heavy atom. The third-order valence-corrected chi connectivity index (χ3v) is 5.43. The summed E-state index contributed by atoms with van der Waals surface area (Å²) in [4.78, 5) is 10.8. The Hall–Kier alpha value is -3.33. The highest BCUT2D eigenvalue weighted by Crippen LogP contribution is 2.32. The van der Waals surface area contributed by atoms with Crippen LogP contribution in [-0.2, 0) is 16.2 Å². The number of halogens is 3. The van der Waals surface area contributed by atoms with Crippen molar-refractivity contribution < 1.29 is 31.5 Å². The van der Waals surface area contributed by atoms with Crippen molar-refractivity contribution in [2.45, 2.75) is 11.1 Å². The van der Waals surface area contributed by atoms with Gasteiger partial charge in [-0.1, -0.05) is 30.3 Å². The highest BCUT2D eigenvalue weighted by molar-refractivity contribution is 7.92.